The number of nitrogens with one attached hydrogen (secondary N) is 4. The molecule has 5 heterocycles. The fraction of sp³-hybridized carbons (Fsp3) is 0.596. The van der Waals surface area contributed by atoms with Gasteiger partial charge in [-0.1, -0.05) is 0 Å². The minimum absolute atomic E-state index is 0.0581. The highest BCUT2D eigenvalue weighted by molar-refractivity contribution is 7.86. The molecule has 2 aromatic carbocycles. The number of anilines is 2. The summed E-state index contributed by atoms with van der Waals surface area (Å²) in [7, 11) is 0.425. The Morgan fingerprint density at radius 2 is 1.10 bits per heavy atom. The van der Waals surface area contributed by atoms with Gasteiger partial charge in [0.1, 0.15) is 48.7 Å². The van der Waals surface area contributed by atoms with Gasteiger partial charge in [0, 0.05) is 81.4 Å². The summed E-state index contributed by atoms with van der Waals surface area (Å²) in [5.74, 6) is -0.376. The van der Waals surface area contributed by atoms with E-state index in [9.17, 15) is 32.4 Å². The predicted octanol–water partition coefficient (Wildman–Crippen LogP) is 3.25. The van der Waals surface area contributed by atoms with E-state index in [4.69, 9.17) is 34.5 Å². The molecule has 0 bridgehead atoms. The molecule has 0 spiro atoms. The molecule has 0 radical (unpaired) electrons. The van der Waals surface area contributed by atoms with Gasteiger partial charge in [-0.25, -0.2) is 19.2 Å². The third-order valence-electron chi connectivity index (χ3n) is 12.6. The normalized spacial score (nSPS) is 21.4. The highest BCUT2D eigenvalue weighted by Crippen LogP contribution is 2.25. The number of alkyl carbamates (subject to hydrolysis) is 2. The molecule has 0 aromatic heterocycles. The van der Waals surface area contributed by atoms with Crippen molar-refractivity contribution in [3.05, 3.63) is 59.7 Å². The fourth-order valence-corrected chi connectivity index (χ4v) is 8.88. The molecule has 3 unspecified atom stereocenters. The van der Waals surface area contributed by atoms with Gasteiger partial charge in [-0.2, -0.15) is 8.42 Å². The van der Waals surface area contributed by atoms with Gasteiger partial charge in [0.25, 0.3) is 10.1 Å². The average molecular weight is 1010 g/mol. The summed E-state index contributed by atoms with van der Waals surface area (Å²) in [6.07, 6.45) is 0.276. The van der Waals surface area contributed by atoms with Crippen LogP contribution in [-0.2, 0) is 42.8 Å². The molecule has 0 saturated carbocycles. The first-order valence-electron chi connectivity index (χ1n) is 23.9. The van der Waals surface area contributed by atoms with Gasteiger partial charge >= 0.3 is 30.3 Å². The van der Waals surface area contributed by atoms with Crippen molar-refractivity contribution in [3.8, 4) is 0 Å². The number of cyclic esters (lactones) is 2. The Kier molecular flexibility index (Phi) is 19.1. The third kappa shape index (κ3) is 16.6. The SMILES string of the molecule is CC(C)OC(=O)C(C)N1CCN(CC2CN(c3ccc(C(=N)NC(=O)OC4CCN(C)CC4)cc3)C(=O)O2)CC1.CN1CCC(OC(=O)NC(=N)c2ccc(N3CC(COS(C)(=O)=O)OC3=O)cc2)CC1. The molecule has 7 rings (SSSR count). The highest BCUT2D eigenvalue weighted by Gasteiger charge is 2.36. The van der Waals surface area contributed by atoms with E-state index in [0.717, 1.165) is 84.3 Å². The number of amidine groups is 2. The van der Waals surface area contributed by atoms with Crippen LogP contribution < -0.4 is 20.4 Å². The van der Waals surface area contributed by atoms with Crippen molar-refractivity contribution >= 4 is 63.5 Å². The van der Waals surface area contributed by atoms with E-state index in [0.29, 0.717) is 35.6 Å². The van der Waals surface area contributed by atoms with Crippen LogP contribution in [-0.4, -0.2) is 206 Å². The van der Waals surface area contributed by atoms with Crippen LogP contribution in [0.5, 0.6) is 0 Å². The first-order chi connectivity index (χ1) is 33.7. The zero-order chi connectivity index (χ0) is 51.4. The highest BCUT2D eigenvalue weighted by atomic mass is 32.2. The smallest absolute Gasteiger partial charge is 0.414 e. The Bertz CT molecular complexity index is 2300. The standard InChI is InChI=1S/C28H42N6O6.C19H26N4O7S/c1-19(2)38-26(35)20(3)33-15-13-32(14-16-33)17-24-18-34(28(37)40-24)22-7-5-21(6-8-22)25(29)30-27(36)39-23-9-11-31(4)12-10-23;1-22-9-7-15(8-10-22)29-18(24)21-17(20)13-3-5-14(6-4-13)23-11-16(30-19(23)25)12-28-31(2,26)27/h5-8,19-20,23-24H,9-18H2,1-4H3,(H2,29,30,36);3-6,15-16H,7-12H2,1-2H3,(H2,20,21,24). The Balaban J connectivity index is 0.000000240. The summed E-state index contributed by atoms with van der Waals surface area (Å²) in [5, 5.41) is 21.2. The quantitative estimate of drug-likeness (QED) is 0.0696. The molecule has 0 aliphatic carbocycles. The summed E-state index contributed by atoms with van der Waals surface area (Å²) in [4.78, 5) is 72.8. The van der Waals surface area contributed by atoms with E-state index < -0.39 is 40.6 Å². The number of esters is 1. The van der Waals surface area contributed by atoms with Crippen molar-refractivity contribution in [2.75, 3.05) is 109 Å². The van der Waals surface area contributed by atoms with Crippen LogP contribution in [0.25, 0.3) is 0 Å². The lowest BCUT2D eigenvalue weighted by atomic mass is 10.1. The predicted molar refractivity (Wildman–Crippen MR) is 262 cm³/mol. The molecular weight excluding hydrogens is 945 g/mol. The van der Waals surface area contributed by atoms with Crippen LogP contribution in [0.2, 0.25) is 0 Å². The summed E-state index contributed by atoms with van der Waals surface area (Å²) >= 11 is 0. The number of ether oxygens (including phenoxy) is 5. The van der Waals surface area contributed by atoms with E-state index in [1.807, 2.05) is 34.9 Å². The lowest BCUT2D eigenvalue weighted by Gasteiger charge is -2.37. The number of amides is 4. The molecule has 5 aliphatic heterocycles. The van der Waals surface area contributed by atoms with Crippen molar-refractivity contribution in [3.63, 3.8) is 0 Å². The molecular formula is C47H68N10O13S. The number of carbonyl (C=O) groups is 5. The monoisotopic (exact) mass is 1010 g/mol. The molecule has 5 saturated heterocycles. The molecule has 4 amide bonds. The Morgan fingerprint density at radius 1 is 0.676 bits per heavy atom. The summed E-state index contributed by atoms with van der Waals surface area (Å²) in [6.45, 7) is 13.0. The molecule has 3 atom stereocenters. The minimum atomic E-state index is -3.63. The maximum absolute atomic E-state index is 12.6. The second-order valence-electron chi connectivity index (χ2n) is 18.6. The molecule has 2 aromatic rings. The summed E-state index contributed by atoms with van der Waals surface area (Å²) in [6, 6.07) is 13.0. The topological polar surface area (TPSA) is 266 Å². The van der Waals surface area contributed by atoms with Gasteiger partial charge in [0.15, 0.2) is 0 Å². The van der Waals surface area contributed by atoms with Crippen molar-refractivity contribution in [1.82, 2.24) is 30.2 Å². The molecule has 5 aliphatic rings. The second-order valence-corrected chi connectivity index (χ2v) is 20.3. The van der Waals surface area contributed by atoms with Crippen molar-refractivity contribution in [1.29, 1.82) is 10.8 Å². The molecule has 4 N–H and O–H groups in total. The van der Waals surface area contributed by atoms with E-state index >= 15 is 0 Å². The van der Waals surface area contributed by atoms with Gasteiger partial charge in [-0.15, -0.1) is 0 Å². The molecule has 71 heavy (non-hydrogen) atoms. The van der Waals surface area contributed by atoms with Crippen LogP contribution in [0.4, 0.5) is 30.6 Å². The second kappa shape index (κ2) is 25.0. The number of piperidine rings is 2. The number of likely N-dealkylation sites (tertiary alicyclic amines) is 2. The molecule has 390 valence electrons. The molecule has 5 fully saturated rings. The van der Waals surface area contributed by atoms with E-state index in [1.54, 1.807) is 53.4 Å². The van der Waals surface area contributed by atoms with Crippen molar-refractivity contribution in [2.24, 2.45) is 0 Å². The van der Waals surface area contributed by atoms with Crippen LogP contribution in [0.3, 0.4) is 0 Å². The van der Waals surface area contributed by atoms with Crippen LogP contribution >= 0.6 is 0 Å². The first kappa shape index (κ1) is 54.4. The first-order valence-corrected chi connectivity index (χ1v) is 25.7. The van der Waals surface area contributed by atoms with E-state index in [-0.39, 0.29) is 61.2 Å². The lowest BCUT2D eigenvalue weighted by molar-refractivity contribution is -0.154. The Morgan fingerprint density at radius 3 is 1.52 bits per heavy atom. The van der Waals surface area contributed by atoms with E-state index in [2.05, 4.69) is 34.4 Å². The van der Waals surface area contributed by atoms with E-state index in [1.165, 1.54) is 4.90 Å². The average Bonchev–Trinajstić information content (AvgIpc) is 3.90. The van der Waals surface area contributed by atoms with Crippen molar-refractivity contribution < 1.29 is 60.3 Å². The summed E-state index contributed by atoms with van der Waals surface area (Å²) < 4.78 is 53.8. The number of nitrogens with zero attached hydrogens (tertiary/aromatic N) is 6. The zero-order valence-electron chi connectivity index (χ0n) is 41.3. The number of hydrogen-bond acceptors (Lipinski definition) is 19. The van der Waals surface area contributed by atoms with Crippen LogP contribution in [0.15, 0.2) is 48.5 Å². The third-order valence-corrected chi connectivity index (χ3v) is 13.2. The number of rotatable bonds is 14. The largest absolute Gasteiger partial charge is 0.462 e. The zero-order valence-corrected chi connectivity index (χ0v) is 42.1. The van der Waals surface area contributed by atoms with Crippen LogP contribution in [0.1, 0.15) is 57.6 Å². The van der Waals surface area contributed by atoms with Crippen molar-refractivity contribution in [2.45, 2.75) is 83.0 Å². The maximum Gasteiger partial charge on any atom is 0.414 e. The number of piperazine rings is 1. The van der Waals surface area contributed by atoms with Crippen LogP contribution in [0, 0.1) is 10.8 Å². The van der Waals surface area contributed by atoms with Gasteiger partial charge in [-0.3, -0.25) is 50.0 Å². The van der Waals surface area contributed by atoms with Gasteiger partial charge in [0.05, 0.1) is 25.4 Å². The minimum Gasteiger partial charge on any atom is -0.462 e. The lowest BCUT2D eigenvalue weighted by Crippen LogP contribution is -2.53. The Hall–Kier alpha value is -5.92. The Labute approximate surface area is 415 Å². The van der Waals surface area contributed by atoms with Gasteiger partial charge in [0.2, 0.25) is 0 Å². The fourth-order valence-electron chi connectivity index (χ4n) is 8.48. The number of benzene rings is 2. The molecule has 23 nitrogen and oxygen atoms in total. The molecule has 24 heteroatoms. The number of carbonyl (C=O) groups excluding carboxylic acids is 5. The van der Waals surface area contributed by atoms with Gasteiger partial charge in [-0.05, 0) is 109 Å². The summed E-state index contributed by atoms with van der Waals surface area (Å²) in [5.41, 5.74) is 2.13. The van der Waals surface area contributed by atoms with Gasteiger partial charge < -0.3 is 33.5 Å². The maximum atomic E-state index is 12.6. The number of hydrogen-bond donors (Lipinski definition) is 4.